The Hall–Kier alpha value is -9.56. The van der Waals surface area contributed by atoms with Crippen molar-refractivity contribution in [3.05, 3.63) is 194 Å². The third-order valence-electron chi connectivity index (χ3n) is 15.3. The van der Waals surface area contributed by atoms with Crippen molar-refractivity contribution in [2.75, 3.05) is 118 Å². The molecule has 2 aromatic heterocycles. The van der Waals surface area contributed by atoms with Gasteiger partial charge in [-0.3, -0.25) is 9.97 Å². The second kappa shape index (κ2) is 19.2. The minimum Gasteiger partial charge on any atom is -0.457 e. The van der Waals surface area contributed by atoms with Gasteiger partial charge in [-0.25, -0.2) is 0 Å². The Labute approximate surface area is 461 Å². The van der Waals surface area contributed by atoms with Crippen LogP contribution in [0.5, 0.6) is 23.0 Å². The maximum absolute atomic E-state index is 8.24. The molecular formula is C64H62N12O2. The highest BCUT2D eigenvalue weighted by atomic mass is 16.5. The van der Waals surface area contributed by atoms with E-state index in [-0.39, 0.29) is 6.67 Å². The largest absolute Gasteiger partial charge is 0.457 e. The summed E-state index contributed by atoms with van der Waals surface area (Å²) in [4.78, 5) is 30.1. The highest BCUT2D eigenvalue weighted by Gasteiger charge is 2.32. The van der Waals surface area contributed by atoms with Crippen LogP contribution in [-0.2, 0) is 0 Å². The Morgan fingerprint density at radius 1 is 0.385 bits per heavy atom. The molecule has 0 unspecified atom stereocenters. The van der Waals surface area contributed by atoms with E-state index >= 15 is 0 Å². The van der Waals surface area contributed by atoms with Gasteiger partial charge in [0.1, 0.15) is 36.3 Å². The van der Waals surface area contributed by atoms with E-state index in [1.165, 1.54) is 16.0 Å². The molecule has 0 bridgehead atoms. The van der Waals surface area contributed by atoms with Gasteiger partial charge in [-0.2, -0.15) is 0 Å². The van der Waals surface area contributed by atoms with Crippen molar-refractivity contribution in [3.63, 3.8) is 0 Å². The summed E-state index contributed by atoms with van der Waals surface area (Å²) < 4.78 is 38.2. The molecule has 0 aliphatic carbocycles. The minimum atomic E-state index is -2.33. The normalized spacial score (nSPS) is 15.0. The van der Waals surface area contributed by atoms with E-state index in [1.807, 2.05) is 78.8 Å². The van der Waals surface area contributed by atoms with Crippen LogP contribution in [0.25, 0.3) is 0 Å². The number of pyridine rings is 2. The summed E-state index contributed by atoms with van der Waals surface area (Å²) in [6.07, 6.45) is 7.07. The fourth-order valence-electron chi connectivity index (χ4n) is 11.0. The number of fused-ring (bicyclic) bond motifs is 4. The number of aryl methyl sites for hydroxylation is 2. The fourth-order valence-corrected chi connectivity index (χ4v) is 11.0. The Kier molecular flexibility index (Phi) is 11.0. The van der Waals surface area contributed by atoms with Crippen LogP contribution in [0.15, 0.2) is 183 Å². The molecule has 0 radical (unpaired) electrons. The van der Waals surface area contributed by atoms with Gasteiger partial charge in [0, 0.05) is 141 Å². The van der Waals surface area contributed by atoms with Gasteiger partial charge in [0.15, 0.2) is 0 Å². The zero-order valence-corrected chi connectivity index (χ0v) is 44.8. The first-order chi connectivity index (χ1) is 39.1. The van der Waals surface area contributed by atoms with E-state index in [4.69, 9.17) is 13.6 Å². The molecule has 0 saturated carbocycles. The topological polar surface area (TPSA) is 76.6 Å². The molecule has 14 nitrogen and oxygen atoms in total. The molecule has 13 rings (SSSR count). The smallest absolute Gasteiger partial charge is 0.131 e. The first-order valence-electron chi connectivity index (χ1n) is 27.6. The standard InChI is InChI=1S/C64H62N12O2/c1-43-27-61-62(28-44(43)2)76(48-14-12-16-54(32-48)78-56-34-50(68(5)6)30-52(36-56)72-40-70(8)64-38-66-26-24-60(64)72)42-74(61)46-21-19-45(20-22-46)73-41-75(58-18-10-9-17-57(58)73)47-13-11-15-53(31-47)77-55-33-49(67(3)4)29-51(35-55)71-39-69(7)63-37-65-25-23-59(63)71/h9-38H,39-42H2,1-8H3/i7D3. The summed E-state index contributed by atoms with van der Waals surface area (Å²) in [5, 5.41) is 0. The number of para-hydroxylation sites is 2. The monoisotopic (exact) mass is 1030 g/mol. The van der Waals surface area contributed by atoms with Gasteiger partial charge >= 0.3 is 0 Å². The number of ether oxygens (including phenoxy) is 2. The first kappa shape index (κ1) is 44.7. The van der Waals surface area contributed by atoms with Gasteiger partial charge in [-0.05, 0) is 122 Å². The lowest BCUT2D eigenvalue weighted by atomic mass is 10.1. The number of anilines is 16. The molecule has 7 aromatic carbocycles. The molecule has 0 fully saturated rings. The zero-order chi connectivity index (χ0) is 55.8. The molecule has 0 amide bonds. The summed E-state index contributed by atoms with van der Waals surface area (Å²) in [7, 11) is 10.2. The maximum atomic E-state index is 8.24. The molecule has 6 heterocycles. The lowest BCUT2D eigenvalue weighted by Gasteiger charge is -2.25. The molecule has 0 saturated heterocycles. The molecule has 9 aromatic rings. The van der Waals surface area contributed by atoms with Crippen LogP contribution < -0.4 is 58.5 Å². The molecule has 78 heavy (non-hydrogen) atoms. The summed E-state index contributed by atoms with van der Waals surface area (Å²) in [5.41, 5.74) is 18.5. The third kappa shape index (κ3) is 8.64. The van der Waals surface area contributed by atoms with Gasteiger partial charge in [0.2, 0.25) is 0 Å². The predicted molar refractivity (Wildman–Crippen MR) is 321 cm³/mol. The van der Waals surface area contributed by atoms with Crippen molar-refractivity contribution >= 4 is 91.0 Å². The zero-order valence-electron chi connectivity index (χ0n) is 47.8. The highest BCUT2D eigenvalue weighted by Crippen LogP contribution is 2.50. The van der Waals surface area contributed by atoms with Crippen molar-refractivity contribution in [1.82, 2.24) is 9.97 Å². The highest BCUT2D eigenvalue weighted by molar-refractivity contribution is 5.91. The van der Waals surface area contributed by atoms with Crippen LogP contribution in [0.3, 0.4) is 0 Å². The summed E-state index contributed by atoms with van der Waals surface area (Å²) in [5.74, 6) is 2.82. The van der Waals surface area contributed by atoms with E-state index in [2.05, 4.69) is 195 Å². The van der Waals surface area contributed by atoms with Crippen molar-refractivity contribution in [2.45, 2.75) is 13.8 Å². The maximum Gasteiger partial charge on any atom is 0.131 e. The number of hydrogen-bond acceptors (Lipinski definition) is 14. The van der Waals surface area contributed by atoms with Crippen LogP contribution in [0, 0.1) is 13.8 Å². The Morgan fingerprint density at radius 3 is 1.28 bits per heavy atom. The van der Waals surface area contributed by atoms with Crippen molar-refractivity contribution in [1.29, 1.82) is 0 Å². The average Bonchev–Trinajstić information content (AvgIpc) is 4.46. The number of nitrogens with zero attached hydrogens (tertiary/aromatic N) is 12. The fraction of sp³-hybridized carbons (Fsp3) is 0.188. The summed E-state index contributed by atoms with van der Waals surface area (Å²) >= 11 is 0. The van der Waals surface area contributed by atoms with Gasteiger partial charge in [-0.1, -0.05) is 24.3 Å². The molecule has 4 aliphatic rings. The predicted octanol–water partition coefficient (Wildman–Crippen LogP) is 14.4. The first-order valence-corrected chi connectivity index (χ1v) is 26.1. The molecule has 14 heteroatoms. The van der Waals surface area contributed by atoms with E-state index in [0.717, 1.165) is 96.8 Å². The molecule has 390 valence electrons. The van der Waals surface area contributed by atoms with E-state index in [0.29, 0.717) is 37.2 Å². The van der Waals surface area contributed by atoms with Gasteiger partial charge in [-0.15, -0.1) is 0 Å². The number of hydrogen-bond donors (Lipinski definition) is 0. The second-order valence-corrected chi connectivity index (χ2v) is 20.8. The van der Waals surface area contributed by atoms with E-state index in [9.17, 15) is 0 Å². The van der Waals surface area contributed by atoms with Gasteiger partial charge in [0.25, 0.3) is 0 Å². The molecular weight excluding hydrogens is 969 g/mol. The lowest BCUT2D eigenvalue weighted by Crippen LogP contribution is -2.25. The average molecular weight is 1030 g/mol. The van der Waals surface area contributed by atoms with E-state index in [1.54, 1.807) is 12.4 Å². The van der Waals surface area contributed by atoms with Gasteiger partial charge in [0.05, 0.1) is 71.2 Å². The SMILES string of the molecule is [2H]C([2H])([2H])N1CN(c2cc(Oc3cccc(N4CN(c5ccc(N6CN(c7cccc(Oc8cc(N(C)C)cc(N9CN(C)c%10cnccc%109)c8)c7)c7cc(C)c(C)cc76)cc5)c5ccccc54)c3)cc(N(C)C)c2)c2ccncc21. The van der Waals surface area contributed by atoms with Crippen molar-refractivity contribution in [2.24, 2.45) is 0 Å². The Balaban J connectivity index is 0.745. The lowest BCUT2D eigenvalue weighted by molar-refractivity contribution is 0.482. The number of benzene rings is 7. The van der Waals surface area contributed by atoms with Crippen LogP contribution in [0.2, 0.25) is 0 Å². The molecule has 0 atom stereocenters. The Morgan fingerprint density at radius 2 is 0.795 bits per heavy atom. The third-order valence-corrected chi connectivity index (χ3v) is 15.3. The second-order valence-electron chi connectivity index (χ2n) is 20.8. The number of aromatic nitrogens is 2. The molecule has 0 N–H and O–H groups in total. The summed E-state index contributed by atoms with van der Waals surface area (Å²) in [6.45, 7) is 4.09. The molecule has 0 spiro atoms. The van der Waals surface area contributed by atoms with Crippen molar-refractivity contribution in [3.8, 4) is 23.0 Å². The molecule has 4 aliphatic heterocycles. The number of rotatable bonds is 12. The van der Waals surface area contributed by atoms with Crippen LogP contribution in [0.1, 0.15) is 15.2 Å². The van der Waals surface area contributed by atoms with Crippen LogP contribution in [-0.4, -0.2) is 78.9 Å². The minimum absolute atomic E-state index is 0.148. The van der Waals surface area contributed by atoms with Crippen molar-refractivity contribution < 1.29 is 13.6 Å². The quantitative estimate of drug-likeness (QED) is 0.117. The van der Waals surface area contributed by atoms with Gasteiger partial charge < -0.3 is 58.5 Å². The Bertz CT molecular complexity index is 3880. The van der Waals surface area contributed by atoms with Crippen LogP contribution in [0.4, 0.5) is 91.0 Å². The van der Waals surface area contributed by atoms with E-state index < -0.39 is 6.98 Å². The van der Waals surface area contributed by atoms with Crippen LogP contribution >= 0.6 is 0 Å². The summed E-state index contributed by atoms with van der Waals surface area (Å²) in [6, 6.07) is 55.0.